The third-order valence-corrected chi connectivity index (χ3v) is 6.38. The molecule has 2 aliphatic rings. The molecular formula is C25H28F2N6O. The summed E-state index contributed by atoms with van der Waals surface area (Å²) in [6.07, 6.45) is 5.79. The number of nitrogens with one attached hydrogen (secondary N) is 2. The Morgan fingerprint density at radius 2 is 1.85 bits per heavy atom. The Labute approximate surface area is 197 Å². The van der Waals surface area contributed by atoms with Gasteiger partial charge in [-0.1, -0.05) is 0 Å². The molecule has 0 spiro atoms. The summed E-state index contributed by atoms with van der Waals surface area (Å²) in [4.78, 5) is 15.3. The Hall–Kier alpha value is -3.33. The maximum absolute atomic E-state index is 14.9. The molecule has 0 unspecified atom stereocenters. The number of aromatic nitrogens is 3. The zero-order chi connectivity index (χ0) is 23.7. The van der Waals surface area contributed by atoms with Gasteiger partial charge in [-0.2, -0.15) is 0 Å². The van der Waals surface area contributed by atoms with Crippen molar-refractivity contribution in [2.24, 2.45) is 0 Å². The highest BCUT2D eigenvalue weighted by Gasteiger charge is 2.25. The van der Waals surface area contributed by atoms with Crippen LogP contribution in [0.1, 0.15) is 38.2 Å². The number of hydrogen-bond acceptors (Lipinski definition) is 7. The fourth-order valence-corrected chi connectivity index (χ4v) is 4.57. The Bertz CT molecular complexity index is 1160. The standard InChI is InChI=1S/C25H28F2N6O/c1-15(2)33-9-10-34-24-20(27)11-17(12-21(24)33)23-19(26)3-4-22(31-23)32-25-29-13-18(14-30-25)16-5-7-28-8-6-16/h3-4,11-16,28H,5-10H2,1-2H3,(H,29,30,31,32). The summed E-state index contributed by atoms with van der Waals surface area (Å²) in [5, 5.41) is 6.39. The van der Waals surface area contributed by atoms with Crippen molar-refractivity contribution in [3.05, 3.63) is 53.9 Å². The average Bonchev–Trinajstić information content (AvgIpc) is 2.86. The molecule has 1 aromatic carbocycles. The van der Waals surface area contributed by atoms with Gasteiger partial charge in [0.15, 0.2) is 11.6 Å². The van der Waals surface area contributed by atoms with E-state index in [-0.39, 0.29) is 17.5 Å². The second kappa shape index (κ2) is 9.50. The quantitative estimate of drug-likeness (QED) is 0.568. The molecule has 1 fully saturated rings. The molecule has 5 rings (SSSR count). The summed E-state index contributed by atoms with van der Waals surface area (Å²) in [7, 11) is 0. The van der Waals surface area contributed by atoms with E-state index >= 15 is 0 Å². The van der Waals surface area contributed by atoms with E-state index in [2.05, 4.69) is 25.6 Å². The highest BCUT2D eigenvalue weighted by Crippen LogP contribution is 2.39. The van der Waals surface area contributed by atoms with Gasteiger partial charge in [0.25, 0.3) is 0 Å². The normalized spacial score (nSPS) is 16.3. The fourth-order valence-electron chi connectivity index (χ4n) is 4.57. The van der Waals surface area contributed by atoms with Crippen molar-refractivity contribution in [3.63, 3.8) is 0 Å². The molecule has 7 nitrogen and oxygen atoms in total. The second-order valence-electron chi connectivity index (χ2n) is 8.96. The fraction of sp³-hybridized carbons (Fsp3) is 0.400. The summed E-state index contributed by atoms with van der Waals surface area (Å²) in [6.45, 7) is 7.09. The molecule has 0 aliphatic carbocycles. The van der Waals surface area contributed by atoms with E-state index in [1.54, 1.807) is 6.07 Å². The van der Waals surface area contributed by atoms with Gasteiger partial charge in [-0.15, -0.1) is 0 Å². The molecule has 1 saturated heterocycles. The van der Waals surface area contributed by atoms with E-state index in [4.69, 9.17) is 4.74 Å². The van der Waals surface area contributed by atoms with Crippen LogP contribution in [0.25, 0.3) is 11.3 Å². The van der Waals surface area contributed by atoms with Gasteiger partial charge in [-0.25, -0.2) is 23.7 Å². The maximum atomic E-state index is 14.9. The molecule has 0 atom stereocenters. The first-order valence-corrected chi connectivity index (χ1v) is 11.7. The van der Waals surface area contributed by atoms with Gasteiger partial charge in [0, 0.05) is 24.0 Å². The minimum Gasteiger partial charge on any atom is -0.486 e. The third-order valence-electron chi connectivity index (χ3n) is 6.38. The predicted molar refractivity (Wildman–Crippen MR) is 128 cm³/mol. The number of halogens is 2. The predicted octanol–water partition coefficient (Wildman–Crippen LogP) is 4.63. The number of fused-ring (bicyclic) bond motifs is 1. The molecule has 3 aromatic rings. The van der Waals surface area contributed by atoms with Crippen molar-refractivity contribution in [2.75, 3.05) is 36.5 Å². The minimum absolute atomic E-state index is 0.0484. The smallest absolute Gasteiger partial charge is 0.228 e. The van der Waals surface area contributed by atoms with Crippen LogP contribution in [0.2, 0.25) is 0 Å². The maximum Gasteiger partial charge on any atom is 0.228 e. The van der Waals surface area contributed by atoms with E-state index in [1.807, 2.05) is 31.1 Å². The lowest BCUT2D eigenvalue weighted by Crippen LogP contribution is -2.38. The molecule has 4 heterocycles. The van der Waals surface area contributed by atoms with E-state index in [9.17, 15) is 8.78 Å². The molecule has 0 amide bonds. The van der Waals surface area contributed by atoms with Crippen molar-refractivity contribution in [3.8, 4) is 17.0 Å². The Morgan fingerprint density at radius 3 is 2.59 bits per heavy atom. The van der Waals surface area contributed by atoms with Crippen molar-refractivity contribution >= 4 is 17.5 Å². The molecule has 2 aliphatic heterocycles. The van der Waals surface area contributed by atoms with Crippen LogP contribution in [0.4, 0.5) is 26.2 Å². The van der Waals surface area contributed by atoms with E-state index in [1.165, 1.54) is 18.2 Å². The molecule has 178 valence electrons. The van der Waals surface area contributed by atoms with Gasteiger partial charge in [-0.05, 0) is 75.5 Å². The second-order valence-corrected chi connectivity index (χ2v) is 8.96. The summed E-state index contributed by atoms with van der Waals surface area (Å²) in [5.41, 5.74) is 2.11. The van der Waals surface area contributed by atoms with Crippen molar-refractivity contribution < 1.29 is 13.5 Å². The molecule has 0 radical (unpaired) electrons. The van der Waals surface area contributed by atoms with Gasteiger partial charge >= 0.3 is 0 Å². The molecule has 9 heteroatoms. The van der Waals surface area contributed by atoms with Gasteiger partial charge in [0.1, 0.15) is 23.9 Å². The van der Waals surface area contributed by atoms with Crippen molar-refractivity contribution in [1.82, 2.24) is 20.3 Å². The topological polar surface area (TPSA) is 75.2 Å². The van der Waals surface area contributed by atoms with Crippen LogP contribution in [-0.2, 0) is 0 Å². The number of hydrogen-bond donors (Lipinski definition) is 2. The number of piperidine rings is 1. The molecule has 34 heavy (non-hydrogen) atoms. The van der Waals surface area contributed by atoms with Crippen LogP contribution >= 0.6 is 0 Å². The van der Waals surface area contributed by atoms with E-state index in [0.29, 0.717) is 42.1 Å². The monoisotopic (exact) mass is 466 g/mol. The highest BCUT2D eigenvalue weighted by molar-refractivity contribution is 5.73. The number of nitrogens with zero attached hydrogens (tertiary/aromatic N) is 4. The molecule has 2 aromatic heterocycles. The van der Waals surface area contributed by atoms with Crippen molar-refractivity contribution in [2.45, 2.75) is 38.6 Å². The summed E-state index contributed by atoms with van der Waals surface area (Å²) < 4.78 is 35.2. The lowest BCUT2D eigenvalue weighted by Gasteiger charge is -2.34. The van der Waals surface area contributed by atoms with Crippen LogP contribution in [-0.4, -0.2) is 47.2 Å². The molecule has 0 saturated carbocycles. The van der Waals surface area contributed by atoms with Gasteiger partial charge in [0.05, 0.1) is 12.2 Å². The average molecular weight is 467 g/mol. The van der Waals surface area contributed by atoms with Crippen LogP contribution in [0.15, 0.2) is 36.7 Å². The zero-order valence-corrected chi connectivity index (χ0v) is 19.3. The first-order chi connectivity index (χ1) is 16.5. The number of pyridine rings is 1. The number of anilines is 3. The van der Waals surface area contributed by atoms with Gasteiger partial charge in [-0.3, -0.25) is 0 Å². The molecular weight excluding hydrogens is 438 g/mol. The van der Waals surface area contributed by atoms with Crippen LogP contribution in [0.3, 0.4) is 0 Å². The Balaban J connectivity index is 1.41. The summed E-state index contributed by atoms with van der Waals surface area (Å²) in [6, 6.07) is 5.97. The first-order valence-electron chi connectivity index (χ1n) is 11.7. The van der Waals surface area contributed by atoms with Crippen LogP contribution < -0.4 is 20.3 Å². The van der Waals surface area contributed by atoms with Gasteiger partial charge in [0.2, 0.25) is 5.95 Å². The van der Waals surface area contributed by atoms with Crippen molar-refractivity contribution in [1.29, 1.82) is 0 Å². The Kier molecular flexibility index (Phi) is 6.28. The third kappa shape index (κ3) is 4.52. The summed E-state index contributed by atoms with van der Waals surface area (Å²) in [5.74, 6) is 0.328. The van der Waals surface area contributed by atoms with E-state index < -0.39 is 11.6 Å². The number of benzene rings is 1. The lowest BCUT2D eigenvalue weighted by atomic mass is 9.92. The molecule has 0 bridgehead atoms. The highest BCUT2D eigenvalue weighted by atomic mass is 19.1. The van der Waals surface area contributed by atoms with Crippen LogP contribution in [0.5, 0.6) is 5.75 Å². The van der Waals surface area contributed by atoms with Crippen LogP contribution in [0, 0.1) is 11.6 Å². The number of ether oxygens (including phenoxy) is 1. The lowest BCUT2D eigenvalue weighted by molar-refractivity contribution is 0.287. The SMILES string of the molecule is CC(C)N1CCOc2c(F)cc(-c3nc(Nc4ncc(C5CCNCC5)cn4)ccc3F)cc21. The zero-order valence-electron chi connectivity index (χ0n) is 19.3. The van der Waals surface area contributed by atoms with E-state index in [0.717, 1.165) is 31.5 Å². The molecule has 2 N–H and O–H groups in total. The summed E-state index contributed by atoms with van der Waals surface area (Å²) >= 11 is 0. The first kappa shape index (κ1) is 22.5. The Morgan fingerprint density at radius 1 is 1.09 bits per heavy atom. The van der Waals surface area contributed by atoms with Gasteiger partial charge < -0.3 is 20.3 Å². The number of rotatable bonds is 5. The minimum atomic E-state index is -0.542. The largest absolute Gasteiger partial charge is 0.486 e.